The molecule has 2 fully saturated rings. The van der Waals surface area contributed by atoms with Gasteiger partial charge in [0.15, 0.2) is 23.8 Å². The number of hydrogen-bond donors (Lipinski definition) is 3. The van der Waals surface area contributed by atoms with Gasteiger partial charge in [-0.1, -0.05) is 13.8 Å². The quantitative estimate of drug-likeness (QED) is 0.472. The van der Waals surface area contributed by atoms with Crippen LogP contribution in [-0.4, -0.2) is 60.6 Å². The zero-order chi connectivity index (χ0) is 27.0. The van der Waals surface area contributed by atoms with Crippen molar-refractivity contribution >= 4 is 6.29 Å². The van der Waals surface area contributed by atoms with E-state index in [1.54, 1.807) is 6.92 Å². The fourth-order valence-corrected chi connectivity index (χ4v) is 4.20. The number of aldehydes is 1. The lowest BCUT2D eigenvalue weighted by molar-refractivity contribution is -0.121. The van der Waals surface area contributed by atoms with Crippen molar-refractivity contribution in [3.8, 4) is 0 Å². The van der Waals surface area contributed by atoms with E-state index in [9.17, 15) is 32.8 Å². The van der Waals surface area contributed by atoms with Crippen molar-refractivity contribution in [2.45, 2.75) is 63.7 Å². The van der Waals surface area contributed by atoms with Crippen LogP contribution in [0.1, 0.15) is 40.2 Å². The predicted molar refractivity (Wildman–Crippen MR) is 121 cm³/mol. The van der Waals surface area contributed by atoms with E-state index >= 15 is 0 Å². The fourth-order valence-electron chi connectivity index (χ4n) is 4.20. The topological polar surface area (TPSA) is 165 Å². The van der Waals surface area contributed by atoms with Crippen LogP contribution < -0.4 is 22.5 Å². The molecule has 0 radical (unpaired) electrons. The second kappa shape index (κ2) is 10.0. The molecule has 198 valence electrons. The lowest BCUT2D eigenvalue weighted by atomic mass is 9.90. The van der Waals surface area contributed by atoms with Crippen molar-refractivity contribution in [2.75, 3.05) is 6.61 Å². The first-order chi connectivity index (χ1) is 16.7. The molecule has 0 spiro atoms. The highest BCUT2D eigenvalue weighted by atomic mass is 19.1. The number of nitrogens with one attached hydrogen (secondary N) is 2. The van der Waals surface area contributed by atoms with Gasteiger partial charge in [0, 0.05) is 36.4 Å². The largest absolute Gasteiger partial charge is 0.394 e. The van der Waals surface area contributed by atoms with Crippen molar-refractivity contribution < 1.29 is 28.2 Å². The van der Waals surface area contributed by atoms with E-state index in [1.807, 2.05) is 9.97 Å². The van der Waals surface area contributed by atoms with Crippen LogP contribution in [0.4, 0.5) is 8.78 Å². The Kier molecular flexibility index (Phi) is 7.62. The highest BCUT2D eigenvalue weighted by Gasteiger charge is 2.54. The summed E-state index contributed by atoms with van der Waals surface area (Å²) in [6, 6.07) is 2.22. The smallest absolute Gasteiger partial charge is 0.330 e. The Balaban J connectivity index is 0.000000201. The van der Waals surface area contributed by atoms with Crippen LogP contribution in [0.5, 0.6) is 0 Å². The van der Waals surface area contributed by atoms with Crippen molar-refractivity contribution in [3.63, 3.8) is 0 Å². The molecule has 2 aromatic heterocycles. The Labute approximate surface area is 202 Å². The van der Waals surface area contributed by atoms with Crippen molar-refractivity contribution in [3.05, 3.63) is 66.2 Å². The lowest BCUT2D eigenvalue weighted by Gasteiger charge is -2.25. The Hall–Kier alpha value is -3.23. The first kappa shape index (κ1) is 27.4. The van der Waals surface area contributed by atoms with E-state index in [1.165, 1.54) is 27.0 Å². The molecule has 12 nitrogen and oxygen atoms in total. The number of aromatic nitrogens is 4. The summed E-state index contributed by atoms with van der Waals surface area (Å²) in [7, 11) is 0. The summed E-state index contributed by atoms with van der Waals surface area (Å²) >= 11 is 0. The standard InChI is InChI=1S/C11H15FN2O4.C11H13FN2O4/c2*1-6-7(5-15)18-9(11(6,2)12)14-4-3-8(16)13-10(14)17/h3-4,6-7,9,15H,5H2,1-2H3,(H,13,16,17);3-7,9H,1-2H3,(H,13,16,17)/t2*6-,7-,9-,11-/m11/s1. The second-order valence-corrected chi connectivity index (χ2v) is 9.21. The molecule has 0 unspecified atom stereocenters. The fraction of sp³-hybridized carbons (Fsp3) is 0.591. The van der Waals surface area contributed by atoms with E-state index in [4.69, 9.17) is 14.6 Å². The Morgan fingerprint density at radius 1 is 0.917 bits per heavy atom. The number of H-pyrrole nitrogens is 2. The number of alkyl halides is 2. The highest BCUT2D eigenvalue weighted by Crippen LogP contribution is 2.45. The molecule has 0 amide bonds. The summed E-state index contributed by atoms with van der Waals surface area (Å²) in [4.78, 5) is 60.0. The third-order valence-electron chi connectivity index (χ3n) is 6.91. The van der Waals surface area contributed by atoms with Gasteiger partial charge in [0.2, 0.25) is 0 Å². The molecule has 0 bridgehead atoms. The number of ether oxygens (including phenoxy) is 2. The number of rotatable bonds is 4. The maximum absolute atomic E-state index is 14.6. The highest BCUT2D eigenvalue weighted by molar-refractivity contribution is 5.57. The van der Waals surface area contributed by atoms with Crippen LogP contribution in [0.2, 0.25) is 0 Å². The van der Waals surface area contributed by atoms with Gasteiger partial charge >= 0.3 is 11.4 Å². The van der Waals surface area contributed by atoms with Gasteiger partial charge in [0.05, 0.1) is 12.7 Å². The van der Waals surface area contributed by atoms with Gasteiger partial charge in [-0.05, 0) is 13.8 Å². The first-order valence-corrected chi connectivity index (χ1v) is 11.1. The molecule has 2 aliphatic heterocycles. The second-order valence-electron chi connectivity index (χ2n) is 9.21. The summed E-state index contributed by atoms with van der Waals surface area (Å²) in [6.07, 6.45) is -1.12. The van der Waals surface area contributed by atoms with Gasteiger partial charge in [0.25, 0.3) is 11.1 Å². The Morgan fingerprint density at radius 2 is 1.36 bits per heavy atom. The van der Waals surface area contributed by atoms with Gasteiger partial charge in [-0.25, -0.2) is 18.4 Å². The van der Waals surface area contributed by atoms with Crippen LogP contribution in [0.25, 0.3) is 0 Å². The van der Waals surface area contributed by atoms with Gasteiger partial charge < -0.3 is 19.4 Å². The van der Waals surface area contributed by atoms with Gasteiger partial charge in [0.1, 0.15) is 12.4 Å². The van der Waals surface area contributed by atoms with Gasteiger partial charge in [-0.3, -0.25) is 28.7 Å². The van der Waals surface area contributed by atoms with Crippen LogP contribution in [0, 0.1) is 11.8 Å². The molecule has 0 aliphatic carbocycles. The molecule has 0 saturated carbocycles. The average molecular weight is 514 g/mol. The normalized spacial score (nSPS) is 35.8. The number of carbonyl (C=O) groups is 1. The summed E-state index contributed by atoms with van der Waals surface area (Å²) in [5, 5.41) is 9.11. The predicted octanol–water partition coefficient (Wildman–Crippen LogP) is -0.212. The molecule has 2 aromatic rings. The van der Waals surface area contributed by atoms with Crippen LogP contribution >= 0.6 is 0 Å². The van der Waals surface area contributed by atoms with Crippen molar-refractivity contribution in [1.29, 1.82) is 0 Å². The van der Waals surface area contributed by atoms with Crippen LogP contribution in [0.3, 0.4) is 0 Å². The van der Waals surface area contributed by atoms with E-state index in [0.717, 1.165) is 27.5 Å². The molecule has 0 aromatic carbocycles. The maximum Gasteiger partial charge on any atom is 0.330 e. The maximum atomic E-state index is 14.6. The summed E-state index contributed by atoms with van der Waals surface area (Å²) in [5.74, 6) is -1.25. The number of aromatic amines is 2. The molecular weight excluding hydrogens is 486 g/mol. The van der Waals surface area contributed by atoms with Crippen molar-refractivity contribution in [2.24, 2.45) is 11.8 Å². The molecule has 2 saturated heterocycles. The molecule has 3 N–H and O–H groups in total. The minimum Gasteiger partial charge on any atom is -0.394 e. The summed E-state index contributed by atoms with van der Waals surface area (Å²) < 4.78 is 41.7. The molecule has 14 heteroatoms. The Bertz CT molecular complexity index is 1330. The van der Waals surface area contributed by atoms with E-state index < -0.39 is 70.3 Å². The number of halogens is 2. The minimum atomic E-state index is -1.88. The number of aliphatic hydroxyl groups excluding tert-OH is 1. The molecule has 36 heavy (non-hydrogen) atoms. The Morgan fingerprint density at radius 3 is 1.72 bits per heavy atom. The van der Waals surface area contributed by atoms with Gasteiger partial charge in [-0.15, -0.1) is 0 Å². The number of carbonyl (C=O) groups excluding carboxylic acids is 1. The van der Waals surface area contributed by atoms with Crippen LogP contribution in [0.15, 0.2) is 43.7 Å². The number of nitrogens with zero attached hydrogens (tertiary/aromatic N) is 2. The summed E-state index contributed by atoms with van der Waals surface area (Å²) in [5.41, 5.74) is -6.32. The third kappa shape index (κ3) is 4.88. The van der Waals surface area contributed by atoms with E-state index in [0.29, 0.717) is 6.29 Å². The first-order valence-electron chi connectivity index (χ1n) is 11.1. The SMILES string of the molecule is C[C@@H]1[C@@H](C=O)O[C@@H](n2ccc(=O)[nH]c2=O)[C@]1(C)F.C[C@@H]1[C@@H](CO)O[C@@H](n2ccc(=O)[nH]c2=O)[C@]1(C)F. The monoisotopic (exact) mass is 514 g/mol. The number of hydrogen-bond acceptors (Lipinski definition) is 8. The molecule has 4 rings (SSSR count). The molecule has 4 heterocycles. The zero-order valence-corrected chi connectivity index (χ0v) is 20.0. The molecular formula is C22H28F2N4O8. The number of aliphatic hydroxyl groups is 1. The third-order valence-corrected chi connectivity index (χ3v) is 6.91. The lowest BCUT2D eigenvalue weighted by Crippen LogP contribution is -2.40. The summed E-state index contributed by atoms with van der Waals surface area (Å²) in [6.45, 7) is 5.40. The van der Waals surface area contributed by atoms with Gasteiger partial charge in [-0.2, -0.15) is 0 Å². The molecule has 2 aliphatic rings. The minimum absolute atomic E-state index is 0.324. The van der Waals surface area contributed by atoms with E-state index in [2.05, 4.69) is 0 Å². The molecule has 8 atom stereocenters. The van der Waals surface area contributed by atoms with Crippen molar-refractivity contribution in [1.82, 2.24) is 19.1 Å². The zero-order valence-electron chi connectivity index (χ0n) is 20.0. The van der Waals surface area contributed by atoms with E-state index in [-0.39, 0.29) is 6.61 Å². The van der Waals surface area contributed by atoms with Crippen LogP contribution in [-0.2, 0) is 14.3 Å². The average Bonchev–Trinajstić information content (AvgIpc) is 3.17.